The Kier molecular flexibility index (Phi) is 8.88. The van der Waals surface area contributed by atoms with Crippen molar-refractivity contribution in [2.75, 3.05) is 17.1 Å². The molecule has 2 amide bonds. The van der Waals surface area contributed by atoms with E-state index in [1.165, 1.54) is 23.1 Å². The van der Waals surface area contributed by atoms with Gasteiger partial charge in [-0.1, -0.05) is 55.7 Å². The van der Waals surface area contributed by atoms with E-state index in [4.69, 9.17) is 0 Å². The lowest BCUT2D eigenvalue weighted by Gasteiger charge is -2.33. The van der Waals surface area contributed by atoms with Crippen molar-refractivity contribution in [1.82, 2.24) is 10.2 Å². The molecule has 2 aromatic carbocycles. The molecule has 0 bridgehead atoms. The van der Waals surface area contributed by atoms with Crippen molar-refractivity contribution in [3.05, 3.63) is 65.5 Å². The molecular weight excluding hydrogens is 469 g/mol. The molecule has 0 saturated heterocycles. The number of carbonyl (C=O) groups excluding carboxylic acids is 2. The van der Waals surface area contributed by atoms with E-state index in [0.717, 1.165) is 53.4 Å². The lowest BCUT2D eigenvalue weighted by molar-refractivity contribution is -0.140. The molecule has 1 aliphatic rings. The molecule has 0 heterocycles. The van der Waals surface area contributed by atoms with Crippen LogP contribution in [0.3, 0.4) is 0 Å². The fourth-order valence-corrected chi connectivity index (χ4v) is 5.26. The van der Waals surface area contributed by atoms with Gasteiger partial charge in [0, 0.05) is 12.6 Å². The van der Waals surface area contributed by atoms with Gasteiger partial charge in [-0.15, -0.1) is 0 Å². The predicted octanol–water partition coefficient (Wildman–Crippen LogP) is 3.77. The SMILES string of the molecule is CC[C@H](C(=O)NC1CCCC1)N(Cc1ccc(C)cc1)C(=O)CN(c1cccc(F)c1)S(C)(=O)=O. The summed E-state index contributed by atoms with van der Waals surface area (Å²) in [6.45, 7) is 3.40. The van der Waals surface area contributed by atoms with Crippen LogP contribution in [0.5, 0.6) is 0 Å². The van der Waals surface area contributed by atoms with Gasteiger partial charge in [0.25, 0.3) is 0 Å². The Hall–Kier alpha value is -2.94. The molecular formula is C26H34FN3O4S. The summed E-state index contributed by atoms with van der Waals surface area (Å²) in [5.74, 6) is -1.38. The first kappa shape index (κ1) is 26.7. The van der Waals surface area contributed by atoms with Gasteiger partial charge in [0.1, 0.15) is 18.4 Å². The summed E-state index contributed by atoms with van der Waals surface area (Å²) in [6.07, 6.45) is 5.29. The minimum absolute atomic E-state index is 0.0552. The van der Waals surface area contributed by atoms with Gasteiger partial charge >= 0.3 is 0 Å². The van der Waals surface area contributed by atoms with Crippen molar-refractivity contribution in [3.63, 3.8) is 0 Å². The summed E-state index contributed by atoms with van der Waals surface area (Å²) in [6, 6.07) is 12.0. The largest absolute Gasteiger partial charge is 0.352 e. The highest BCUT2D eigenvalue weighted by Gasteiger charge is 2.33. The van der Waals surface area contributed by atoms with E-state index < -0.39 is 34.3 Å². The van der Waals surface area contributed by atoms with Crippen LogP contribution in [0, 0.1) is 12.7 Å². The standard InChI is InChI=1S/C26H34FN3O4S/c1-4-24(26(32)28-22-9-5-6-10-22)29(17-20-14-12-19(2)13-15-20)25(31)18-30(35(3,33)34)23-11-7-8-21(27)16-23/h7-8,11-16,22,24H,4-6,9-10,17-18H2,1-3H3,(H,28,32)/t24-/m1/s1. The molecule has 1 aliphatic carbocycles. The van der Waals surface area contributed by atoms with Crippen LogP contribution in [0.2, 0.25) is 0 Å². The molecule has 35 heavy (non-hydrogen) atoms. The second-order valence-electron chi connectivity index (χ2n) is 9.17. The number of benzene rings is 2. The molecule has 2 aromatic rings. The maximum Gasteiger partial charge on any atom is 0.244 e. The van der Waals surface area contributed by atoms with Gasteiger partial charge in [0.2, 0.25) is 21.8 Å². The van der Waals surface area contributed by atoms with Crippen molar-refractivity contribution in [2.24, 2.45) is 0 Å². The molecule has 0 aliphatic heterocycles. The Morgan fingerprint density at radius 2 is 1.77 bits per heavy atom. The number of rotatable bonds is 10. The zero-order valence-electron chi connectivity index (χ0n) is 20.5. The fourth-order valence-electron chi connectivity index (χ4n) is 4.42. The number of anilines is 1. The molecule has 190 valence electrons. The molecule has 0 unspecified atom stereocenters. The zero-order chi connectivity index (χ0) is 25.6. The topological polar surface area (TPSA) is 86.8 Å². The molecule has 1 N–H and O–H groups in total. The zero-order valence-corrected chi connectivity index (χ0v) is 21.4. The van der Waals surface area contributed by atoms with Crippen molar-refractivity contribution in [1.29, 1.82) is 0 Å². The highest BCUT2D eigenvalue weighted by molar-refractivity contribution is 7.92. The van der Waals surface area contributed by atoms with Gasteiger partial charge < -0.3 is 10.2 Å². The van der Waals surface area contributed by atoms with Crippen LogP contribution in [0.15, 0.2) is 48.5 Å². The van der Waals surface area contributed by atoms with Gasteiger partial charge in [-0.3, -0.25) is 13.9 Å². The first-order valence-corrected chi connectivity index (χ1v) is 13.8. The average molecular weight is 504 g/mol. The molecule has 1 atom stereocenters. The van der Waals surface area contributed by atoms with Crippen LogP contribution in [0.4, 0.5) is 10.1 Å². The van der Waals surface area contributed by atoms with E-state index in [-0.39, 0.29) is 24.2 Å². The van der Waals surface area contributed by atoms with Crippen molar-refractivity contribution >= 4 is 27.5 Å². The molecule has 0 aromatic heterocycles. The predicted molar refractivity (Wildman–Crippen MR) is 135 cm³/mol. The highest BCUT2D eigenvalue weighted by Crippen LogP contribution is 2.22. The molecule has 3 rings (SSSR count). The lowest BCUT2D eigenvalue weighted by atomic mass is 10.1. The number of sulfonamides is 1. The summed E-state index contributed by atoms with van der Waals surface area (Å²) in [5, 5.41) is 3.07. The maximum atomic E-state index is 13.8. The van der Waals surface area contributed by atoms with Crippen LogP contribution in [0.1, 0.15) is 50.2 Å². The fraction of sp³-hybridized carbons (Fsp3) is 0.462. The van der Waals surface area contributed by atoms with Crippen molar-refractivity contribution < 1.29 is 22.4 Å². The number of hydrogen-bond acceptors (Lipinski definition) is 4. The Balaban J connectivity index is 1.91. The number of nitrogens with zero attached hydrogens (tertiary/aromatic N) is 2. The average Bonchev–Trinajstić information content (AvgIpc) is 3.30. The van der Waals surface area contributed by atoms with Crippen molar-refractivity contribution in [2.45, 2.75) is 64.6 Å². The monoisotopic (exact) mass is 503 g/mol. The number of carbonyl (C=O) groups is 2. The van der Waals surface area contributed by atoms with E-state index >= 15 is 0 Å². The summed E-state index contributed by atoms with van der Waals surface area (Å²) >= 11 is 0. The van der Waals surface area contributed by atoms with Crippen LogP contribution in [-0.4, -0.2) is 50.0 Å². The van der Waals surface area contributed by atoms with Gasteiger partial charge in [-0.2, -0.15) is 0 Å². The third-order valence-corrected chi connectivity index (χ3v) is 7.48. The molecule has 0 radical (unpaired) electrons. The summed E-state index contributed by atoms with van der Waals surface area (Å²) in [7, 11) is -3.89. The van der Waals surface area contributed by atoms with Gasteiger partial charge in [0.15, 0.2) is 0 Å². The number of halogens is 1. The number of nitrogens with one attached hydrogen (secondary N) is 1. The number of amides is 2. The van der Waals surface area contributed by atoms with Crippen LogP contribution in [-0.2, 0) is 26.2 Å². The summed E-state index contributed by atoms with van der Waals surface area (Å²) < 4.78 is 39.8. The number of hydrogen-bond donors (Lipinski definition) is 1. The molecule has 9 heteroatoms. The third kappa shape index (κ3) is 7.27. The Bertz CT molecular complexity index is 1130. The second-order valence-corrected chi connectivity index (χ2v) is 11.1. The summed E-state index contributed by atoms with van der Waals surface area (Å²) in [5.41, 5.74) is 1.94. The van der Waals surface area contributed by atoms with Gasteiger partial charge in [-0.25, -0.2) is 12.8 Å². The van der Waals surface area contributed by atoms with E-state index in [1.807, 2.05) is 38.1 Å². The van der Waals surface area contributed by atoms with Crippen LogP contribution in [0.25, 0.3) is 0 Å². The van der Waals surface area contributed by atoms with Gasteiger partial charge in [-0.05, 0) is 49.9 Å². The smallest absolute Gasteiger partial charge is 0.244 e. The Morgan fingerprint density at radius 3 is 2.34 bits per heavy atom. The molecule has 1 fully saturated rings. The first-order chi connectivity index (χ1) is 16.6. The maximum absolute atomic E-state index is 13.8. The minimum atomic E-state index is -3.89. The van der Waals surface area contributed by atoms with Crippen LogP contribution < -0.4 is 9.62 Å². The van der Waals surface area contributed by atoms with E-state index in [1.54, 1.807) is 0 Å². The second kappa shape index (κ2) is 11.7. The van der Waals surface area contributed by atoms with E-state index in [2.05, 4.69) is 5.32 Å². The quantitative estimate of drug-likeness (QED) is 0.535. The molecule has 0 spiro atoms. The minimum Gasteiger partial charge on any atom is -0.352 e. The Morgan fingerprint density at radius 1 is 1.11 bits per heavy atom. The molecule has 1 saturated carbocycles. The van der Waals surface area contributed by atoms with E-state index in [9.17, 15) is 22.4 Å². The third-order valence-electron chi connectivity index (χ3n) is 6.34. The Labute approximate surface area is 207 Å². The number of aryl methyl sites for hydroxylation is 1. The first-order valence-electron chi connectivity index (χ1n) is 12.0. The lowest BCUT2D eigenvalue weighted by Crippen LogP contribution is -2.53. The van der Waals surface area contributed by atoms with Gasteiger partial charge in [0.05, 0.1) is 11.9 Å². The molecule has 7 nitrogen and oxygen atoms in total. The highest BCUT2D eigenvalue weighted by atomic mass is 32.2. The summed E-state index contributed by atoms with van der Waals surface area (Å²) in [4.78, 5) is 28.3. The van der Waals surface area contributed by atoms with Crippen molar-refractivity contribution in [3.8, 4) is 0 Å². The van der Waals surface area contributed by atoms with E-state index in [0.29, 0.717) is 6.42 Å². The normalized spacial score (nSPS) is 15.0. The van der Waals surface area contributed by atoms with Crippen LogP contribution >= 0.6 is 0 Å².